The molecule has 4 heteroatoms. The fourth-order valence-electron chi connectivity index (χ4n) is 2.89. The molecule has 17 heavy (non-hydrogen) atoms. The number of hydrogen-bond acceptors (Lipinski definition) is 4. The summed E-state index contributed by atoms with van der Waals surface area (Å²) < 4.78 is 11.3. The Kier molecular flexibility index (Phi) is 3.18. The van der Waals surface area contributed by atoms with Crippen molar-refractivity contribution < 1.29 is 9.15 Å². The van der Waals surface area contributed by atoms with Gasteiger partial charge in [0.2, 0.25) is 0 Å². The Morgan fingerprint density at radius 1 is 1.35 bits per heavy atom. The zero-order valence-electron chi connectivity index (χ0n) is 10.3. The molecule has 2 aliphatic heterocycles. The topological polar surface area (TPSA) is 37.6 Å². The Labute approximate surface area is 102 Å². The van der Waals surface area contributed by atoms with E-state index in [2.05, 4.69) is 16.3 Å². The molecule has 2 unspecified atom stereocenters. The standard InChI is InChI=1S/C13H20N2O2/c1-14-6-13-10(4-5-16-13)7-15-8-11-2-3-12(9-15)17-11/h4-5,11-12,14H,2-3,6-9H2,1H3. The molecule has 0 amide bonds. The molecule has 1 aromatic heterocycles. The van der Waals surface area contributed by atoms with Crippen LogP contribution in [-0.4, -0.2) is 37.2 Å². The Bertz CT molecular complexity index is 365. The van der Waals surface area contributed by atoms with Crippen molar-refractivity contribution in [2.45, 2.75) is 38.1 Å². The first-order valence-electron chi connectivity index (χ1n) is 6.43. The molecule has 2 aliphatic rings. The van der Waals surface area contributed by atoms with Crippen LogP contribution in [-0.2, 0) is 17.8 Å². The van der Waals surface area contributed by atoms with Crippen LogP contribution in [0.3, 0.4) is 0 Å². The molecule has 0 radical (unpaired) electrons. The number of likely N-dealkylation sites (tertiary alicyclic amines) is 1. The second kappa shape index (κ2) is 4.80. The monoisotopic (exact) mass is 236 g/mol. The normalized spacial score (nSPS) is 28.8. The molecule has 0 saturated carbocycles. The smallest absolute Gasteiger partial charge is 0.122 e. The number of morpholine rings is 1. The van der Waals surface area contributed by atoms with Crippen LogP contribution in [0.1, 0.15) is 24.2 Å². The number of nitrogens with zero attached hydrogens (tertiary/aromatic N) is 1. The Hall–Kier alpha value is -0.840. The third-order valence-electron chi connectivity index (χ3n) is 3.69. The fraction of sp³-hybridized carbons (Fsp3) is 0.692. The van der Waals surface area contributed by atoms with Crippen molar-refractivity contribution in [2.24, 2.45) is 0 Å². The van der Waals surface area contributed by atoms with E-state index in [-0.39, 0.29) is 0 Å². The third kappa shape index (κ3) is 2.39. The van der Waals surface area contributed by atoms with E-state index < -0.39 is 0 Å². The summed E-state index contributed by atoms with van der Waals surface area (Å²) in [7, 11) is 1.95. The van der Waals surface area contributed by atoms with E-state index in [9.17, 15) is 0 Å². The molecule has 0 aromatic carbocycles. The summed E-state index contributed by atoms with van der Waals surface area (Å²) in [5.74, 6) is 1.06. The van der Waals surface area contributed by atoms with Gasteiger partial charge in [0.25, 0.3) is 0 Å². The number of furan rings is 1. The quantitative estimate of drug-likeness (QED) is 0.856. The SMILES string of the molecule is CNCc1occc1CN1CC2CCC(C1)O2. The van der Waals surface area contributed by atoms with Crippen molar-refractivity contribution in [3.8, 4) is 0 Å². The summed E-state index contributed by atoms with van der Waals surface area (Å²) in [5, 5.41) is 3.14. The Morgan fingerprint density at radius 3 is 2.82 bits per heavy atom. The highest BCUT2D eigenvalue weighted by molar-refractivity contribution is 5.17. The molecule has 1 N–H and O–H groups in total. The lowest BCUT2D eigenvalue weighted by molar-refractivity contribution is -0.0411. The van der Waals surface area contributed by atoms with Gasteiger partial charge in [0, 0.05) is 25.2 Å². The first-order valence-corrected chi connectivity index (χ1v) is 6.43. The predicted molar refractivity (Wildman–Crippen MR) is 64.6 cm³/mol. The van der Waals surface area contributed by atoms with E-state index in [1.165, 1.54) is 18.4 Å². The minimum absolute atomic E-state index is 0.466. The van der Waals surface area contributed by atoms with Gasteiger partial charge in [0.1, 0.15) is 5.76 Å². The van der Waals surface area contributed by atoms with Gasteiger partial charge in [-0.25, -0.2) is 0 Å². The van der Waals surface area contributed by atoms with Gasteiger partial charge in [-0.05, 0) is 26.0 Å². The summed E-state index contributed by atoms with van der Waals surface area (Å²) in [6, 6.07) is 2.09. The molecule has 3 heterocycles. The van der Waals surface area contributed by atoms with Gasteiger partial charge in [-0.15, -0.1) is 0 Å². The largest absolute Gasteiger partial charge is 0.468 e. The second-order valence-electron chi connectivity index (χ2n) is 5.05. The third-order valence-corrected chi connectivity index (χ3v) is 3.69. The molecule has 2 bridgehead atoms. The number of fused-ring (bicyclic) bond motifs is 2. The van der Waals surface area contributed by atoms with E-state index in [1.54, 1.807) is 6.26 Å². The van der Waals surface area contributed by atoms with Gasteiger partial charge in [0.05, 0.1) is 25.0 Å². The molecule has 2 atom stereocenters. The first-order chi connectivity index (χ1) is 8.35. The fourth-order valence-corrected chi connectivity index (χ4v) is 2.89. The van der Waals surface area contributed by atoms with Crippen LogP contribution in [0, 0.1) is 0 Å². The molecular weight excluding hydrogens is 216 g/mol. The van der Waals surface area contributed by atoms with E-state index in [0.717, 1.165) is 31.9 Å². The molecule has 2 saturated heterocycles. The Balaban J connectivity index is 1.64. The van der Waals surface area contributed by atoms with Crippen LogP contribution in [0.15, 0.2) is 16.7 Å². The van der Waals surface area contributed by atoms with E-state index in [4.69, 9.17) is 9.15 Å². The Morgan fingerprint density at radius 2 is 2.12 bits per heavy atom. The maximum absolute atomic E-state index is 5.85. The van der Waals surface area contributed by atoms with Crippen molar-refractivity contribution in [1.29, 1.82) is 0 Å². The molecule has 0 aliphatic carbocycles. The summed E-state index contributed by atoms with van der Waals surface area (Å²) in [6.45, 7) is 3.94. The molecular formula is C13H20N2O2. The average molecular weight is 236 g/mol. The van der Waals surface area contributed by atoms with Gasteiger partial charge >= 0.3 is 0 Å². The molecule has 94 valence electrons. The van der Waals surface area contributed by atoms with Crippen LogP contribution >= 0.6 is 0 Å². The molecule has 0 spiro atoms. The van der Waals surface area contributed by atoms with Crippen molar-refractivity contribution in [1.82, 2.24) is 10.2 Å². The average Bonchev–Trinajstić information content (AvgIpc) is 2.87. The highest BCUT2D eigenvalue weighted by atomic mass is 16.5. The van der Waals surface area contributed by atoms with Crippen molar-refractivity contribution in [3.63, 3.8) is 0 Å². The summed E-state index contributed by atoms with van der Waals surface area (Å²) >= 11 is 0. The van der Waals surface area contributed by atoms with Gasteiger partial charge in [-0.2, -0.15) is 0 Å². The maximum Gasteiger partial charge on any atom is 0.122 e. The van der Waals surface area contributed by atoms with E-state index in [0.29, 0.717) is 12.2 Å². The zero-order valence-corrected chi connectivity index (χ0v) is 10.3. The van der Waals surface area contributed by atoms with Crippen LogP contribution in [0.5, 0.6) is 0 Å². The van der Waals surface area contributed by atoms with Crippen LogP contribution in [0.25, 0.3) is 0 Å². The summed E-state index contributed by atoms with van der Waals surface area (Å²) in [5.41, 5.74) is 1.31. The van der Waals surface area contributed by atoms with E-state index >= 15 is 0 Å². The van der Waals surface area contributed by atoms with Crippen LogP contribution in [0.2, 0.25) is 0 Å². The summed E-state index contributed by atoms with van der Waals surface area (Å²) in [6.07, 6.45) is 5.19. The second-order valence-corrected chi connectivity index (χ2v) is 5.05. The molecule has 4 nitrogen and oxygen atoms in total. The first kappa shape index (κ1) is 11.3. The molecule has 2 fully saturated rings. The van der Waals surface area contributed by atoms with E-state index in [1.807, 2.05) is 7.05 Å². The number of hydrogen-bond donors (Lipinski definition) is 1. The number of nitrogens with one attached hydrogen (secondary N) is 1. The van der Waals surface area contributed by atoms with Crippen molar-refractivity contribution in [3.05, 3.63) is 23.7 Å². The van der Waals surface area contributed by atoms with Crippen molar-refractivity contribution >= 4 is 0 Å². The van der Waals surface area contributed by atoms with Crippen LogP contribution < -0.4 is 5.32 Å². The van der Waals surface area contributed by atoms with Gasteiger partial charge in [-0.3, -0.25) is 4.90 Å². The van der Waals surface area contributed by atoms with Crippen molar-refractivity contribution in [2.75, 3.05) is 20.1 Å². The minimum atomic E-state index is 0.466. The van der Waals surface area contributed by atoms with Gasteiger partial charge in [-0.1, -0.05) is 0 Å². The highest BCUT2D eigenvalue weighted by Gasteiger charge is 2.33. The lowest BCUT2D eigenvalue weighted by atomic mass is 10.2. The minimum Gasteiger partial charge on any atom is -0.468 e. The zero-order chi connectivity index (χ0) is 11.7. The summed E-state index contributed by atoms with van der Waals surface area (Å²) in [4.78, 5) is 2.50. The van der Waals surface area contributed by atoms with Gasteiger partial charge < -0.3 is 14.5 Å². The number of ether oxygens (including phenoxy) is 1. The molecule has 3 rings (SSSR count). The lowest BCUT2D eigenvalue weighted by Gasteiger charge is -2.31. The highest BCUT2D eigenvalue weighted by Crippen LogP contribution is 2.27. The number of rotatable bonds is 4. The van der Waals surface area contributed by atoms with Crippen LogP contribution in [0.4, 0.5) is 0 Å². The molecule has 1 aromatic rings. The predicted octanol–water partition coefficient (Wildman–Crippen LogP) is 1.36. The van der Waals surface area contributed by atoms with Gasteiger partial charge in [0.15, 0.2) is 0 Å². The lowest BCUT2D eigenvalue weighted by Crippen LogP contribution is -2.42. The maximum atomic E-state index is 5.85.